The van der Waals surface area contributed by atoms with Crippen LogP contribution < -0.4 is 5.73 Å². The van der Waals surface area contributed by atoms with Crippen molar-refractivity contribution in [1.82, 2.24) is 15.0 Å². The Morgan fingerprint density at radius 1 is 1.32 bits per heavy atom. The second-order valence-corrected chi connectivity index (χ2v) is 4.90. The zero-order valence-electron chi connectivity index (χ0n) is 10.8. The second kappa shape index (κ2) is 5.50. The maximum atomic E-state index is 6.27. The molecule has 2 aromatic rings. The first-order chi connectivity index (χ1) is 9.34. The molecule has 100 valence electrons. The van der Waals surface area contributed by atoms with E-state index in [1.54, 1.807) is 11.0 Å². The topological polar surface area (TPSA) is 66.0 Å². The average Bonchev–Trinajstić information content (AvgIpc) is 2.98. The van der Waals surface area contributed by atoms with Gasteiger partial charge in [-0.15, -0.1) is 0 Å². The summed E-state index contributed by atoms with van der Waals surface area (Å²) in [5.74, 6) is 0.342. The molecule has 5 nitrogen and oxygen atoms in total. The lowest BCUT2D eigenvalue weighted by Gasteiger charge is -2.26. The number of aromatic nitrogens is 3. The van der Waals surface area contributed by atoms with Gasteiger partial charge >= 0.3 is 0 Å². The Morgan fingerprint density at radius 3 is 2.89 bits per heavy atom. The van der Waals surface area contributed by atoms with Crippen LogP contribution in [-0.4, -0.2) is 28.2 Å². The van der Waals surface area contributed by atoms with Crippen molar-refractivity contribution in [3.05, 3.63) is 42.2 Å². The molecule has 0 radical (unpaired) electrons. The van der Waals surface area contributed by atoms with E-state index >= 15 is 0 Å². The fraction of sp³-hybridized carbons (Fsp3) is 0.429. The van der Waals surface area contributed by atoms with Gasteiger partial charge in [0.25, 0.3) is 0 Å². The molecule has 2 unspecified atom stereocenters. The van der Waals surface area contributed by atoms with Crippen molar-refractivity contribution in [1.29, 1.82) is 0 Å². The standard InChI is InChI=1S/C14H18N4O/c15-14(11-5-4-8-19-10-11)13-9-16-18(17-13)12-6-2-1-3-7-12/h1-3,6-7,9,11,14H,4-5,8,10,15H2. The predicted molar refractivity (Wildman–Crippen MR) is 71.8 cm³/mol. The second-order valence-electron chi connectivity index (χ2n) is 4.90. The smallest absolute Gasteiger partial charge is 0.100 e. The Balaban J connectivity index is 1.77. The van der Waals surface area contributed by atoms with Gasteiger partial charge in [0.15, 0.2) is 0 Å². The molecule has 1 aliphatic heterocycles. The number of nitrogens with zero attached hydrogens (tertiary/aromatic N) is 3. The van der Waals surface area contributed by atoms with E-state index in [-0.39, 0.29) is 6.04 Å². The SMILES string of the molecule is NC(c1cnn(-c2ccccc2)n1)C1CCCOC1. The third kappa shape index (κ3) is 2.67. The molecule has 0 bridgehead atoms. The first-order valence-corrected chi connectivity index (χ1v) is 6.65. The van der Waals surface area contributed by atoms with Crippen molar-refractivity contribution in [2.75, 3.05) is 13.2 Å². The summed E-state index contributed by atoms with van der Waals surface area (Å²) in [6, 6.07) is 9.75. The molecular formula is C14H18N4O. The van der Waals surface area contributed by atoms with Crippen LogP contribution in [0.2, 0.25) is 0 Å². The predicted octanol–water partition coefficient (Wildman–Crippen LogP) is 1.69. The molecule has 1 aromatic heterocycles. The summed E-state index contributed by atoms with van der Waals surface area (Å²) in [6.45, 7) is 1.57. The summed E-state index contributed by atoms with van der Waals surface area (Å²) < 4.78 is 5.48. The van der Waals surface area contributed by atoms with Crippen LogP contribution in [0.4, 0.5) is 0 Å². The monoisotopic (exact) mass is 258 g/mol. The van der Waals surface area contributed by atoms with E-state index in [1.807, 2.05) is 30.3 Å². The lowest BCUT2D eigenvalue weighted by molar-refractivity contribution is 0.0442. The van der Waals surface area contributed by atoms with Gasteiger partial charge in [-0.25, -0.2) is 0 Å². The van der Waals surface area contributed by atoms with Gasteiger partial charge < -0.3 is 10.5 Å². The lowest BCUT2D eigenvalue weighted by atomic mass is 9.93. The van der Waals surface area contributed by atoms with Crippen LogP contribution in [-0.2, 0) is 4.74 Å². The minimum absolute atomic E-state index is 0.0993. The Bertz CT molecular complexity index is 519. The highest BCUT2D eigenvalue weighted by Crippen LogP contribution is 2.25. The van der Waals surface area contributed by atoms with Crippen LogP contribution in [0.3, 0.4) is 0 Å². The molecule has 2 atom stereocenters. The van der Waals surface area contributed by atoms with E-state index in [2.05, 4.69) is 10.2 Å². The highest BCUT2D eigenvalue weighted by molar-refractivity contribution is 5.28. The summed E-state index contributed by atoms with van der Waals surface area (Å²) in [7, 11) is 0. The van der Waals surface area contributed by atoms with Gasteiger partial charge in [0.1, 0.15) is 5.69 Å². The number of nitrogens with two attached hydrogens (primary N) is 1. The van der Waals surface area contributed by atoms with E-state index in [4.69, 9.17) is 10.5 Å². The molecule has 3 rings (SSSR count). The summed E-state index contributed by atoms with van der Waals surface area (Å²) in [6.07, 6.45) is 3.93. The van der Waals surface area contributed by atoms with E-state index in [0.29, 0.717) is 5.92 Å². The minimum atomic E-state index is -0.0993. The normalized spacial score (nSPS) is 21.2. The number of benzene rings is 1. The van der Waals surface area contributed by atoms with Crippen LogP contribution in [0, 0.1) is 5.92 Å². The van der Waals surface area contributed by atoms with E-state index in [9.17, 15) is 0 Å². The van der Waals surface area contributed by atoms with E-state index < -0.39 is 0 Å². The third-order valence-electron chi connectivity index (χ3n) is 3.54. The summed E-state index contributed by atoms with van der Waals surface area (Å²) >= 11 is 0. The van der Waals surface area contributed by atoms with Crippen molar-refractivity contribution >= 4 is 0 Å². The zero-order valence-corrected chi connectivity index (χ0v) is 10.8. The first-order valence-electron chi connectivity index (χ1n) is 6.65. The third-order valence-corrected chi connectivity index (χ3v) is 3.54. The number of hydrogen-bond acceptors (Lipinski definition) is 4. The van der Waals surface area contributed by atoms with Crippen LogP contribution in [0.5, 0.6) is 0 Å². The summed E-state index contributed by atoms with van der Waals surface area (Å²) in [4.78, 5) is 1.62. The first kappa shape index (κ1) is 12.3. The van der Waals surface area contributed by atoms with Gasteiger partial charge in [-0.2, -0.15) is 15.0 Å². The molecule has 0 amide bonds. The average molecular weight is 258 g/mol. The van der Waals surface area contributed by atoms with Gasteiger partial charge in [-0.3, -0.25) is 0 Å². The lowest BCUT2D eigenvalue weighted by Crippen LogP contribution is -2.29. The maximum Gasteiger partial charge on any atom is 0.100 e. The molecule has 1 fully saturated rings. The highest BCUT2D eigenvalue weighted by atomic mass is 16.5. The van der Waals surface area contributed by atoms with Crippen LogP contribution in [0.1, 0.15) is 24.6 Å². The van der Waals surface area contributed by atoms with Crippen LogP contribution >= 0.6 is 0 Å². The molecule has 0 saturated carbocycles. The van der Waals surface area contributed by atoms with Crippen molar-refractivity contribution < 1.29 is 4.74 Å². The Kier molecular flexibility index (Phi) is 3.57. The van der Waals surface area contributed by atoms with Gasteiger partial charge in [0.05, 0.1) is 24.5 Å². The minimum Gasteiger partial charge on any atom is -0.381 e. The Morgan fingerprint density at radius 2 is 2.16 bits per heavy atom. The van der Waals surface area contributed by atoms with Gasteiger partial charge in [0.2, 0.25) is 0 Å². The molecular weight excluding hydrogens is 240 g/mol. The number of hydrogen-bond donors (Lipinski definition) is 1. The maximum absolute atomic E-state index is 6.27. The molecule has 2 heterocycles. The number of rotatable bonds is 3. The molecule has 0 spiro atoms. The Hall–Kier alpha value is -1.72. The molecule has 2 N–H and O–H groups in total. The molecule has 1 aromatic carbocycles. The fourth-order valence-electron chi connectivity index (χ4n) is 2.40. The Labute approximate surface area is 112 Å². The summed E-state index contributed by atoms with van der Waals surface area (Å²) in [5.41, 5.74) is 8.04. The molecule has 1 aliphatic rings. The molecule has 19 heavy (non-hydrogen) atoms. The van der Waals surface area contributed by atoms with Crippen molar-refractivity contribution in [3.8, 4) is 5.69 Å². The van der Waals surface area contributed by atoms with Crippen LogP contribution in [0.25, 0.3) is 5.69 Å². The van der Waals surface area contributed by atoms with Crippen molar-refractivity contribution in [2.45, 2.75) is 18.9 Å². The highest BCUT2D eigenvalue weighted by Gasteiger charge is 2.24. The quantitative estimate of drug-likeness (QED) is 0.910. The van der Waals surface area contributed by atoms with Gasteiger partial charge in [0, 0.05) is 12.5 Å². The number of ether oxygens (including phenoxy) is 1. The van der Waals surface area contributed by atoms with Gasteiger partial charge in [-0.05, 0) is 25.0 Å². The van der Waals surface area contributed by atoms with Crippen molar-refractivity contribution in [2.24, 2.45) is 11.7 Å². The summed E-state index contributed by atoms with van der Waals surface area (Å²) in [5, 5.41) is 8.77. The zero-order chi connectivity index (χ0) is 13.1. The van der Waals surface area contributed by atoms with E-state index in [1.165, 1.54) is 0 Å². The largest absolute Gasteiger partial charge is 0.381 e. The van der Waals surface area contributed by atoms with Gasteiger partial charge in [-0.1, -0.05) is 18.2 Å². The number of para-hydroxylation sites is 1. The molecule has 5 heteroatoms. The van der Waals surface area contributed by atoms with Crippen molar-refractivity contribution in [3.63, 3.8) is 0 Å². The molecule has 0 aliphatic carbocycles. The van der Waals surface area contributed by atoms with E-state index in [0.717, 1.165) is 37.4 Å². The fourth-order valence-corrected chi connectivity index (χ4v) is 2.40. The van der Waals surface area contributed by atoms with Crippen LogP contribution in [0.15, 0.2) is 36.5 Å². The molecule has 1 saturated heterocycles.